The Morgan fingerprint density at radius 2 is 2.38 bits per heavy atom. The van der Waals surface area contributed by atoms with Gasteiger partial charge in [0, 0.05) is 18.5 Å². The maximum absolute atomic E-state index is 8.42. The minimum Gasteiger partial charge on any atom is -0.409 e. The summed E-state index contributed by atoms with van der Waals surface area (Å²) >= 11 is 0. The Hall–Kier alpha value is -0.770. The molecule has 3 unspecified atom stereocenters. The van der Waals surface area contributed by atoms with E-state index in [4.69, 9.17) is 10.9 Å². The SMILES string of the molecule is CCC(CC(N)=NO)NC1CC1C. The molecule has 0 saturated heterocycles. The van der Waals surface area contributed by atoms with Crippen molar-refractivity contribution in [2.45, 2.75) is 45.2 Å². The zero-order chi connectivity index (χ0) is 9.84. The van der Waals surface area contributed by atoms with Gasteiger partial charge in [-0.2, -0.15) is 0 Å². The van der Waals surface area contributed by atoms with Crippen LogP contribution in [0.5, 0.6) is 0 Å². The first-order valence-corrected chi connectivity index (χ1v) is 4.89. The van der Waals surface area contributed by atoms with Gasteiger partial charge in [-0.05, 0) is 18.8 Å². The molecule has 1 aliphatic carbocycles. The van der Waals surface area contributed by atoms with Crippen LogP contribution in [0, 0.1) is 5.92 Å². The van der Waals surface area contributed by atoms with Gasteiger partial charge in [0.15, 0.2) is 0 Å². The molecule has 4 nitrogen and oxygen atoms in total. The van der Waals surface area contributed by atoms with Crippen molar-refractivity contribution in [1.82, 2.24) is 5.32 Å². The Bertz CT molecular complexity index is 193. The summed E-state index contributed by atoms with van der Waals surface area (Å²) in [6, 6.07) is 1.00. The van der Waals surface area contributed by atoms with Crippen LogP contribution in [-0.2, 0) is 0 Å². The van der Waals surface area contributed by atoms with Crippen molar-refractivity contribution in [3.63, 3.8) is 0 Å². The van der Waals surface area contributed by atoms with E-state index >= 15 is 0 Å². The minimum absolute atomic E-state index is 0.313. The second-order valence-electron chi connectivity index (χ2n) is 3.89. The molecule has 0 aromatic carbocycles. The van der Waals surface area contributed by atoms with Crippen molar-refractivity contribution in [2.24, 2.45) is 16.8 Å². The Morgan fingerprint density at radius 1 is 1.77 bits per heavy atom. The highest BCUT2D eigenvalue weighted by molar-refractivity contribution is 5.80. The summed E-state index contributed by atoms with van der Waals surface area (Å²) < 4.78 is 0. The van der Waals surface area contributed by atoms with Gasteiger partial charge in [-0.15, -0.1) is 0 Å². The molecule has 0 bridgehead atoms. The molecule has 1 fully saturated rings. The number of hydrogen-bond acceptors (Lipinski definition) is 3. The van der Waals surface area contributed by atoms with E-state index < -0.39 is 0 Å². The van der Waals surface area contributed by atoms with E-state index in [1.54, 1.807) is 0 Å². The molecule has 76 valence electrons. The Labute approximate surface area is 79.2 Å². The van der Waals surface area contributed by atoms with Gasteiger partial charge in [0.05, 0.1) is 0 Å². The molecule has 0 amide bonds. The summed E-state index contributed by atoms with van der Waals surface area (Å²) in [5.41, 5.74) is 5.44. The predicted octanol–water partition coefficient (Wildman–Crippen LogP) is 0.900. The lowest BCUT2D eigenvalue weighted by atomic mass is 10.1. The number of nitrogens with one attached hydrogen (secondary N) is 1. The molecule has 4 N–H and O–H groups in total. The van der Waals surface area contributed by atoms with Gasteiger partial charge in [0.1, 0.15) is 5.84 Å². The van der Waals surface area contributed by atoms with Crippen LogP contribution in [0.4, 0.5) is 0 Å². The van der Waals surface area contributed by atoms with E-state index in [9.17, 15) is 0 Å². The molecule has 0 spiro atoms. The van der Waals surface area contributed by atoms with Crippen LogP contribution in [0.25, 0.3) is 0 Å². The first kappa shape index (κ1) is 10.3. The van der Waals surface area contributed by atoms with E-state index in [0.29, 0.717) is 24.3 Å². The number of amidine groups is 1. The highest BCUT2D eigenvalue weighted by atomic mass is 16.4. The molecule has 1 rings (SSSR count). The summed E-state index contributed by atoms with van der Waals surface area (Å²) in [5, 5.41) is 14.9. The van der Waals surface area contributed by atoms with Gasteiger partial charge >= 0.3 is 0 Å². The van der Waals surface area contributed by atoms with Gasteiger partial charge in [0.25, 0.3) is 0 Å². The summed E-state index contributed by atoms with van der Waals surface area (Å²) in [6.07, 6.45) is 2.91. The fourth-order valence-electron chi connectivity index (χ4n) is 1.47. The zero-order valence-corrected chi connectivity index (χ0v) is 8.33. The molecule has 1 aliphatic rings. The minimum atomic E-state index is 0.313. The van der Waals surface area contributed by atoms with Crippen molar-refractivity contribution < 1.29 is 5.21 Å². The largest absolute Gasteiger partial charge is 0.409 e. The van der Waals surface area contributed by atoms with E-state index in [1.165, 1.54) is 6.42 Å². The molecule has 0 radical (unpaired) electrons. The highest BCUT2D eigenvalue weighted by Gasteiger charge is 2.33. The molecule has 1 saturated carbocycles. The quantitative estimate of drug-likeness (QED) is 0.258. The average molecular weight is 185 g/mol. The summed E-state index contributed by atoms with van der Waals surface area (Å²) in [7, 11) is 0. The summed E-state index contributed by atoms with van der Waals surface area (Å²) in [5.74, 6) is 1.11. The Kier molecular flexibility index (Phi) is 3.54. The van der Waals surface area contributed by atoms with Crippen LogP contribution in [0.15, 0.2) is 5.16 Å². The lowest BCUT2D eigenvalue weighted by Crippen LogP contribution is -2.35. The van der Waals surface area contributed by atoms with Crippen molar-refractivity contribution in [3.8, 4) is 0 Å². The monoisotopic (exact) mass is 185 g/mol. The predicted molar refractivity (Wildman–Crippen MR) is 52.8 cm³/mol. The summed E-state index contributed by atoms with van der Waals surface area (Å²) in [6.45, 7) is 4.34. The van der Waals surface area contributed by atoms with Crippen LogP contribution >= 0.6 is 0 Å². The van der Waals surface area contributed by atoms with Gasteiger partial charge in [-0.3, -0.25) is 0 Å². The third kappa shape index (κ3) is 3.22. The summed E-state index contributed by atoms with van der Waals surface area (Å²) in [4.78, 5) is 0. The molecule has 13 heavy (non-hydrogen) atoms. The number of nitrogens with zero attached hydrogens (tertiary/aromatic N) is 1. The molecule has 0 heterocycles. The normalized spacial score (nSPS) is 30.2. The number of oxime groups is 1. The molecule has 0 aromatic rings. The molecular formula is C9H19N3O. The Balaban J connectivity index is 2.26. The molecule has 0 aromatic heterocycles. The van der Waals surface area contributed by atoms with Crippen molar-refractivity contribution in [3.05, 3.63) is 0 Å². The van der Waals surface area contributed by atoms with E-state index in [1.807, 2.05) is 0 Å². The standard InChI is InChI=1S/C9H19N3O/c1-3-7(5-9(10)12-13)11-8-4-6(8)2/h6-8,11,13H,3-5H2,1-2H3,(H2,10,12). The smallest absolute Gasteiger partial charge is 0.140 e. The van der Waals surface area contributed by atoms with Gasteiger partial charge < -0.3 is 16.3 Å². The van der Waals surface area contributed by atoms with E-state index in [0.717, 1.165) is 12.3 Å². The number of rotatable bonds is 5. The van der Waals surface area contributed by atoms with Crippen molar-refractivity contribution >= 4 is 5.84 Å². The Morgan fingerprint density at radius 3 is 2.77 bits per heavy atom. The fourth-order valence-corrected chi connectivity index (χ4v) is 1.47. The zero-order valence-electron chi connectivity index (χ0n) is 8.33. The molecule has 4 heteroatoms. The number of nitrogens with two attached hydrogens (primary N) is 1. The van der Waals surface area contributed by atoms with Crippen LogP contribution in [0.2, 0.25) is 0 Å². The second kappa shape index (κ2) is 4.46. The van der Waals surface area contributed by atoms with Gasteiger partial charge in [-0.1, -0.05) is 19.0 Å². The van der Waals surface area contributed by atoms with Gasteiger partial charge in [0.2, 0.25) is 0 Å². The fraction of sp³-hybridized carbons (Fsp3) is 0.889. The van der Waals surface area contributed by atoms with E-state index in [2.05, 4.69) is 24.3 Å². The molecule has 3 atom stereocenters. The molecule has 0 aliphatic heterocycles. The maximum Gasteiger partial charge on any atom is 0.140 e. The third-order valence-corrected chi connectivity index (χ3v) is 2.64. The number of hydrogen-bond donors (Lipinski definition) is 3. The average Bonchev–Trinajstić information content (AvgIpc) is 2.80. The highest BCUT2D eigenvalue weighted by Crippen LogP contribution is 2.29. The first-order chi connectivity index (χ1) is 6.17. The molecular weight excluding hydrogens is 166 g/mol. The lowest BCUT2D eigenvalue weighted by Gasteiger charge is -2.15. The van der Waals surface area contributed by atoms with Crippen molar-refractivity contribution in [1.29, 1.82) is 0 Å². The topological polar surface area (TPSA) is 70.6 Å². The third-order valence-electron chi connectivity index (χ3n) is 2.64. The van der Waals surface area contributed by atoms with Crippen molar-refractivity contribution in [2.75, 3.05) is 0 Å². The van der Waals surface area contributed by atoms with E-state index in [-0.39, 0.29) is 0 Å². The van der Waals surface area contributed by atoms with Crippen LogP contribution in [0.1, 0.15) is 33.1 Å². The van der Waals surface area contributed by atoms with Gasteiger partial charge in [-0.25, -0.2) is 0 Å². The van der Waals surface area contributed by atoms with Crippen LogP contribution in [-0.4, -0.2) is 23.1 Å². The van der Waals surface area contributed by atoms with Crippen LogP contribution in [0.3, 0.4) is 0 Å². The van der Waals surface area contributed by atoms with Crippen LogP contribution < -0.4 is 11.1 Å². The second-order valence-corrected chi connectivity index (χ2v) is 3.89. The lowest BCUT2D eigenvalue weighted by molar-refractivity contribution is 0.315. The maximum atomic E-state index is 8.42. The first-order valence-electron chi connectivity index (χ1n) is 4.89.